The highest BCUT2D eigenvalue weighted by Gasteiger charge is 2.48. The summed E-state index contributed by atoms with van der Waals surface area (Å²) in [5.74, 6) is 1.32. The lowest BCUT2D eigenvalue weighted by atomic mass is 9.63. The molecule has 2 heterocycles. The lowest BCUT2D eigenvalue weighted by molar-refractivity contribution is -0.130. The van der Waals surface area contributed by atoms with Gasteiger partial charge >= 0.3 is 0 Å². The molecule has 0 aromatic carbocycles. The van der Waals surface area contributed by atoms with Crippen LogP contribution in [0.25, 0.3) is 0 Å². The van der Waals surface area contributed by atoms with E-state index < -0.39 is 0 Å². The SMILES string of the molecule is O=C(C1CC1)C1CNCCC12CCNCC2. The van der Waals surface area contributed by atoms with E-state index in [1.165, 1.54) is 19.3 Å². The Morgan fingerprint density at radius 1 is 1.00 bits per heavy atom. The van der Waals surface area contributed by atoms with Gasteiger partial charge < -0.3 is 10.6 Å². The van der Waals surface area contributed by atoms with Crippen LogP contribution in [-0.2, 0) is 4.79 Å². The van der Waals surface area contributed by atoms with Gasteiger partial charge in [0, 0.05) is 18.4 Å². The van der Waals surface area contributed by atoms with Crippen LogP contribution in [-0.4, -0.2) is 32.0 Å². The first kappa shape index (κ1) is 10.7. The molecule has 90 valence electrons. The van der Waals surface area contributed by atoms with Gasteiger partial charge in [-0.25, -0.2) is 0 Å². The number of carbonyl (C=O) groups excluding carboxylic acids is 1. The van der Waals surface area contributed by atoms with Crippen molar-refractivity contribution in [2.75, 3.05) is 26.2 Å². The molecule has 0 radical (unpaired) electrons. The molecule has 3 aliphatic rings. The largest absolute Gasteiger partial charge is 0.317 e. The average molecular weight is 222 g/mol. The van der Waals surface area contributed by atoms with E-state index in [0.29, 0.717) is 23.0 Å². The van der Waals surface area contributed by atoms with E-state index in [-0.39, 0.29) is 0 Å². The quantitative estimate of drug-likeness (QED) is 0.731. The molecule has 1 aliphatic carbocycles. The molecule has 0 aromatic heterocycles. The van der Waals surface area contributed by atoms with Crippen LogP contribution in [0.4, 0.5) is 0 Å². The Bertz CT molecular complexity index is 271. The fourth-order valence-corrected chi connectivity index (χ4v) is 3.55. The predicted octanol–water partition coefficient (Wildman–Crippen LogP) is 0.945. The topological polar surface area (TPSA) is 41.1 Å². The third kappa shape index (κ3) is 1.80. The van der Waals surface area contributed by atoms with Crippen molar-refractivity contribution in [2.24, 2.45) is 17.3 Å². The molecule has 3 rings (SSSR count). The van der Waals surface area contributed by atoms with Crippen LogP contribution in [0.1, 0.15) is 32.1 Å². The molecule has 2 aliphatic heterocycles. The van der Waals surface area contributed by atoms with E-state index in [0.717, 1.165) is 39.0 Å². The van der Waals surface area contributed by atoms with Gasteiger partial charge in [-0.05, 0) is 57.2 Å². The lowest BCUT2D eigenvalue weighted by Gasteiger charge is -2.46. The summed E-state index contributed by atoms with van der Waals surface area (Å²) in [5, 5.41) is 6.86. The molecule has 0 aromatic rings. The van der Waals surface area contributed by atoms with Crippen molar-refractivity contribution in [1.29, 1.82) is 0 Å². The zero-order valence-corrected chi connectivity index (χ0v) is 9.93. The molecule has 2 saturated heterocycles. The Hall–Kier alpha value is -0.410. The molecule has 1 saturated carbocycles. The first-order chi connectivity index (χ1) is 7.82. The molecule has 0 bridgehead atoms. The van der Waals surface area contributed by atoms with Crippen molar-refractivity contribution in [3.05, 3.63) is 0 Å². The van der Waals surface area contributed by atoms with Gasteiger partial charge in [0.15, 0.2) is 0 Å². The highest BCUT2D eigenvalue weighted by molar-refractivity contribution is 5.86. The highest BCUT2D eigenvalue weighted by atomic mass is 16.1. The molecule has 1 spiro atoms. The van der Waals surface area contributed by atoms with Gasteiger partial charge in [-0.2, -0.15) is 0 Å². The summed E-state index contributed by atoms with van der Waals surface area (Å²) in [5.41, 5.74) is 0.343. The minimum absolute atomic E-state index is 0.316. The Morgan fingerprint density at radius 3 is 2.25 bits per heavy atom. The second kappa shape index (κ2) is 4.11. The van der Waals surface area contributed by atoms with Crippen molar-refractivity contribution in [3.8, 4) is 0 Å². The van der Waals surface area contributed by atoms with Gasteiger partial charge in [0.05, 0.1) is 0 Å². The summed E-state index contributed by atoms with van der Waals surface area (Å²) in [7, 11) is 0. The molecular formula is C13H22N2O. The van der Waals surface area contributed by atoms with Crippen molar-refractivity contribution < 1.29 is 4.79 Å². The fraction of sp³-hybridized carbons (Fsp3) is 0.923. The van der Waals surface area contributed by atoms with Crippen LogP contribution in [0, 0.1) is 17.3 Å². The average Bonchev–Trinajstić information content (AvgIpc) is 3.14. The van der Waals surface area contributed by atoms with E-state index >= 15 is 0 Å². The summed E-state index contributed by atoms with van der Waals surface area (Å²) in [6.45, 7) is 4.26. The van der Waals surface area contributed by atoms with Crippen LogP contribution >= 0.6 is 0 Å². The normalized spacial score (nSPS) is 33.9. The molecule has 3 fully saturated rings. The third-order valence-electron chi connectivity index (χ3n) is 4.81. The van der Waals surface area contributed by atoms with Gasteiger partial charge in [-0.3, -0.25) is 4.79 Å². The number of ketones is 1. The Labute approximate surface area is 97.4 Å². The number of rotatable bonds is 2. The minimum atomic E-state index is 0.316. The smallest absolute Gasteiger partial charge is 0.140 e. The number of piperidine rings is 2. The number of hydrogen-bond acceptors (Lipinski definition) is 3. The summed E-state index contributed by atoms with van der Waals surface area (Å²) >= 11 is 0. The third-order valence-corrected chi connectivity index (χ3v) is 4.81. The summed E-state index contributed by atoms with van der Waals surface area (Å²) in [4.78, 5) is 12.4. The first-order valence-corrected chi connectivity index (χ1v) is 6.77. The standard InChI is InChI=1S/C13H22N2O/c16-12(10-1-2-10)11-9-15-8-5-13(11)3-6-14-7-4-13/h10-11,14-15H,1-9H2. The maximum absolute atomic E-state index is 12.4. The molecule has 3 heteroatoms. The van der Waals surface area contributed by atoms with Crippen molar-refractivity contribution >= 4 is 5.78 Å². The van der Waals surface area contributed by atoms with Crippen LogP contribution in [0.2, 0.25) is 0 Å². The lowest BCUT2D eigenvalue weighted by Crippen LogP contribution is -2.53. The number of Topliss-reactive ketones (excluding diaryl/α,β-unsaturated/α-hetero) is 1. The van der Waals surface area contributed by atoms with E-state index in [4.69, 9.17) is 0 Å². The second-order valence-electron chi connectivity index (χ2n) is 5.80. The molecule has 1 unspecified atom stereocenters. The minimum Gasteiger partial charge on any atom is -0.317 e. The fourth-order valence-electron chi connectivity index (χ4n) is 3.55. The van der Waals surface area contributed by atoms with Crippen molar-refractivity contribution in [3.63, 3.8) is 0 Å². The molecule has 0 amide bonds. The van der Waals surface area contributed by atoms with Gasteiger partial charge in [-0.1, -0.05) is 0 Å². The van der Waals surface area contributed by atoms with Crippen molar-refractivity contribution in [1.82, 2.24) is 10.6 Å². The molecule has 3 nitrogen and oxygen atoms in total. The second-order valence-corrected chi connectivity index (χ2v) is 5.80. The number of hydrogen-bond donors (Lipinski definition) is 2. The maximum atomic E-state index is 12.4. The number of carbonyl (C=O) groups is 1. The molecule has 16 heavy (non-hydrogen) atoms. The zero-order chi connectivity index (χ0) is 11.0. The number of nitrogens with one attached hydrogen (secondary N) is 2. The van der Waals surface area contributed by atoms with E-state index in [2.05, 4.69) is 10.6 Å². The first-order valence-electron chi connectivity index (χ1n) is 6.77. The van der Waals surface area contributed by atoms with Crippen molar-refractivity contribution in [2.45, 2.75) is 32.1 Å². The summed E-state index contributed by atoms with van der Waals surface area (Å²) in [6.07, 6.45) is 5.93. The van der Waals surface area contributed by atoms with Gasteiger partial charge in [0.1, 0.15) is 5.78 Å². The van der Waals surface area contributed by atoms with Crippen LogP contribution in [0.15, 0.2) is 0 Å². The Morgan fingerprint density at radius 2 is 1.62 bits per heavy atom. The molecular weight excluding hydrogens is 200 g/mol. The van der Waals surface area contributed by atoms with Crippen LogP contribution in [0.3, 0.4) is 0 Å². The highest BCUT2D eigenvalue weighted by Crippen LogP contribution is 2.46. The Kier molecular flexibility index (Phi) is 2.76. The van der Waals surface area contributed by atoms with Gasteiger partial charge in [0.2, 0.25) is 0 Å². The van der Waals surface area contributed by atoms with E-state index in [9.17, 15) is 4.79 Å². The zero-order valence-electron chi connectivity index (χ0n) is 9.93. The molecule has 1 atom stereocenters. The van der Waals surface area contributed by atoms with Crippen LogP contribution < -0.4 is 10.6 Å². The summed E-state index contributed by atoms with van der Waals surface area (Å²) in [6, 6.07) is 0. The predicted molar refractivity (Wildman–Crippen MR) is 63.2 cm³/mol. The summed E-state index contributed by atoms with van der Waals surface area (Å²) < 4.78 is 0. The van der Waals surface area contributed by atoms with E-state index in [1.807, 2.05) is 0 Å². The maximum Gasteiger partial charge on any atom is 0.140 e. The Balaban J connectivity index is 1.78. The van der Waals surface area contributed by atoms with E-state index in [1.54, 1.807) is 0 Å². The monoisotopic (exact) mass is 222 g/mol. The van der Waals surface area contributed by atoms with Crippen LogP contribution in [0.5, 0.6) is 0 Å². The molecule has 2 N–H and O–H groups in total. The van der Waals surface area contributed by atoms with Gasteiger partial charge in [-0.15, -0.1) is 0 Å². The van der Waals surface area contributed by atoms with Gasteiger partial charge in [0.25, 0.3) is 0 Å².